The Hall–Kier alpha value is -1.90. The lowest BCUT2D eigenvalue weighted by atomic mass is 10.0. The maximum Gasteiger partial charge on any atom is 0.275 e. The Morgan fingerprint density at radius 1 is 1.28 bits per heavy atom. The molecular weight excluding hydrogens is 224 g/mol. The maximum atomic E-state index is 11.8. The van der Waals surface area contributed by atoms with Gasteiger partial charge in [0.25, 0.3) is 5.91 Å². The molecule has 0 aromatic heterocycles. The van der Waals surface area contributed by atoms with Crippen LogP contribution in [0.1, 0.15) is 30.5 Å². The highest BCUT2D eigenvalue weighted by atomic mass is 16.2. The van der Waals surface area contributed by atoms with E-state index < -0.39 is 0 Å². The molecule has 0 bridgehead atoms. The Balaban J connectivity index is 2.39. The van der Waals surface area contributed by atoms with Crippen molar-refractivity contribution in [1.82, 2.24) is 5.32 Å². The van der Waals surface area contributed by atoms with E-state index in [4.69, 9.17) is 0 Å². The van der Waals surface area contributed by atoms with Gasteiger partial charge in [-0.1, -0.05) is 37.6 Å². The molecule has 3 heteroatoms. The third kappa shape index (κ3) is 2.50. The average Bonchev–Trinajstić information content (AvgIpc) is 2.66. The second-order valence-electron chi connectivity index (χ2n) is 5.00. The van der Waals surface area contributed by atoms with Gasteiger partial charge < -0.3 is 5.32 Å². The molecule has 1 amide bonds. The third-order valence-corrected chi connectivity index (χ3v) is 2.99. The standard InChI is InChI=1S/C15H18N2O/c1-9(2)14-16-13(15(18)17-14)8-12-7-10(3)5-6-11(12)4/h5-9H,1-4H3,(H,16,17,18)/b13-8+. The van der Waals surface area contributed by atoms with Crippen molar-refractivity contribution < 1.29 is 4.79 Å². The van der Waals surface area contributed by atoms with Gasteiger partial charge in [0, 0.05) is 5.92 Å². The predicted molar refractivity (Wildman–Crippen MR) is 74.3 cm³/mol. The summed E-state index contributed by atoms with van der Waals surface area (Å²) in [5.41, 5.74) is 3.87. The largest absolute Gasteiger partial charge is 0.308 e. The number of aryl methyl sites for hydroxylation is 2. The molecule has 0 atom stereocenters. The van der Waals surface area contributed by atoms with Gasteiger partial charge in [-0.05, 0) is 31.1 Å². The number of aliphatic imine (C=N–C) groups is 1. The van der Waals surface area contributed by atoms with E-state index in [9.17, 15) is 4.79 Å². The van der Waals surface area contributed by atoms with E-state index in [0.29, 0.717) is 5.70 Å². The van der Waals surface area contributed by atoms with Crippen LogP contribution < -0.4 is 5.32 Å². The monoisotopic (exact) mass is 242 g/mol. The summed E-state index contributed by atoms with van der Waals surface area (Å²) < 4.78 is 0. The zero-order valence-electron chi connectivity index (χ0n) is 11.2. The summed E-state index contributed by atoms with van der Waals surface area (Å²) in [6, 6.07) is 6.19. The lowest BCUT2D eigenvalue weighted by Crippen LogP contribution is -2.27. The van der Waals surface area contributed by atoms with Gasteiger partial charge in [-0.25, -0.2) is 4.99 Å². The number of amides is 1. The van der Waals surface area contributed by atoms with Crippen LogP contribution in [-0.4, -0.2) is 11.7 Å². The number of hydrogen-bond acceptors (Lipinski definition) is 2. The van der Waals surface area contributed by atoms with Crippen molar-refractivity contribution in [2.75, 3.05) is 0 Å². The molecule has 1 aromatic carbocycles. The van der Waals surface area contributed by atoms with Crippen molar-refractivity contribution in [3.05, 3.63) is 40.6 Å². The molecule has 94 valence electrons. The predicted octanol–water partition coefficient (Wildman–Crippen LogP) is 2.83. The van der Waals surface area contributed by atoms with E-state index in [1.165, 1.54) is 5.56 Å². The topological polar surface area (TPSA) is 41.5 Å². The van der Waals surface area contributed by atoms with Crippen molar-refractivity contribution in [2.24, 2.45) is 10.9 Å². The van der Waals surface area contributed by atoms with E-state index in [0.717, 1.165) is 17.0 Å². The number of rotatable bonds is 2. The lowest BCUT2D eigenvalue weighted by Gasteiger charge is -2.02. The highest BCUT2D eigenvalue weighted by Crippen LogP contribution is 2.18. The number of carbonyl (C=O) groups is 1. The van der Waals surface area contributed by atoms with Crippen molar-refractivity contribution in [3.8, 4) is 0 Å². The number of benzene rings is 1. The number of nitrogens with one attached hydrogen (secondary N) is 1. The molecule has 0 saturated heterocycles. The van der Waals surface area contributed by atoms with Gasteiger partial charge in [-0.3, -0.25) is 4.79 Å². The first kappa shape index (κ1) is 12.6. The SMILES string of the molecule is Cc1ccc(C)c(/C=C2/N=C(C(C)C)NC2=O)c1. The summed E-state index contributed by atoms with van der Waals surface area (Å²) in [5.74, 6) is 0.870. The van der Waals surface area contributed by atoms with E-state index in [-0.39, 0.29) is 11.8 Å². The molecule has 2 rings (SSSR count). The van der Waals surface area contributed by atoms with Crippen LogP contribution in [0.5, 0.6) is 0 Å². The number of nitrogens with zero attached hydrogens (tertiary/aromatic N) is 1. The molecule has 18 heavy (non-hydrogen) atoms. The fourth-order valence-corrected chi connectivity index (χ4v) is 1.82. The molecule has 0 saturated carbocycles. The first-order chi connectivity index (χ1) is 8.47. The Kier molecular flexibility index (Phi) is 3.32. The minimum Gasteiger partial charge on any atom is -0.308 e. The minimum atomic E-state index is -0.111. The van der Waals surface area contributed by atoms with Crippen LogP contribution in [0.15, 0.2) is 28.9 Å². The lowest BCUT2D eigenvalue weighted by molar-refractivity contribution is -0.115. The van der Waals surface area contributed by atoms with Crippen LogP contribution in [0.4, 0.5) is 0 Å². The normalized spacial score (nSPS) is 17.3. The second-order valence-corrected chi connectivity index (χ2v) is 5.00. The quantitative estimate of drug-likeness (QED) is 0.796. The zero-order chi connectivity index (χ0) is 13.3. The van der Waals surface area contributed by atoms with Crippen molar-refractivity contribution in [2.45, 2.75) is 27.7 Å². The fourth-order valence-electron chi connectivity index (χ4n) is 1.82. The summed E-state index contributed by atoms with van der Waals surface area (Å²) in [5, 5.41) is 2.80. The Morgan fingerprint density at radius 3 is 2.61 bits per heavy atom. The molecule has 1 heterocycles. The molecule has 0 unspecified atom stereocenters. The van der Waals surface area contributed by atoms with Gasteiger partial charge in [0.15, 0.2) is 0 Å². The molecule has 0 fully saturated rings. The van der Waals surface area contributed by atoms with E-state index >= 15 is 0 Å². The molecule has 1 aliphatic rings. The third-order valence-electron chi connectivity index (χ3n) is 2.99. The molecule has 0 spiro atoms. The average molecular weight is 242 g/mol. The van der Waals surface area contributed by atoms with E-state index in [1.54, 1.807) is 0 Å². The maximum absolute atomic E-state index is 11.8. The molecule has 0 radical (unpaired) electrons. The Morgan fingerprint density at radius 2 is 2.00 bits per heavy atom. The van der Waals surface area contributed by atoms with E-state index in [1.807, 2.05) is 33.8 Å². The highest BCUT2D eigenvalue weighted by Gasteiger charge is 2.21. The number of carbonyl (C=O) groups excluding carboxylic acids is 1. The van der Waals surface area contributed by atoms with Crippen LogP contribution >= 0.6 is 0 Å². The molecule has 0 aliphatic carbocycles. The van der Waals surface area contributed by atoms with Gasteiger partial charge in [0.2, 0.25) is 0 Å². The smallest absolute Gasteiger partial charge is 0.275 e. The second kappa shape index (κ2) is 4.77. The zero-order valence-corrected chi connectivity index (χ0v) is 11.2. The van der Waals surface area contributed by atoms with Crippen molar-refractivity contribution >= 4 is 17.8 Å². The Bertz CT molecular complexity index is 554. The van der Waals surface area contributed by atoms with Gasteiger partial charge in [0.1, 0.15) is 11.5 Å². The highest BCUT2D eigenvalue weighted by molar-refractivity contribution is 6.14. The molecule has 1 N–H and O–H groups in total. The van der Waals surface area contributed by atoms with Crippen molar-refractivity contribution in [1.29, 1.82) is 0 Å². The minimum absolute atomic E-state index is 0.111. The summed E-state index contributed by atoms with van der Waals surface area (Å²) in [4.78, 5) is 16.1. The summed E-state index contributed by atoms with van der Waals surface area (Å²) >= 11 is 0. The van der Waals surface area contributed by atoms with Crippen LogP contribution in [0.25, 0.3) is 6.08 Å². The fraction of sp³-hybridized carbons (Fsp3) is 0.333. The molecular formula is C15H18N2O. The molecule has 3 nitrogen and oxygen atoms in total. The van der Waals surface area contributed by atoms with Gasteiger partial charge in [-0.15, -0.1) is 0 Å². The summed E-state index contributed by atoms with van der Waals surface area (Å²) in [6.45, 7) is 8.10. The van der Waals surface area contributed by atoms with Gasteiger partial charge in [0.05, 0.1) is 0 Å². The summed E-state index contributed by atoms with van der Waals surface area (Å²) in [6.07, 6.45) is 1.85. The molecule has 1 aromatic rings. The first-order valence-corrected chi connectivity index (χ1v) is 6.16. The van der Waals surface area contributed by atoms with E-state index in [2.05, 4.69) is 28.5 Å². The van der Waals surface area contributed by atoms with Crippen molar-refractivity contribution in [3.63, 3.8) is 0 Å². The summed E-state index contributed by atoms with van der Waals surface area (Å²) in [7, 11) is 0. The van der Waals surface area contributed by atoms with Gasteiger partial charge >= 0.3 is 0 Å². The van der Waals surface area contributed by atoms with Crippen LogP contribution in [0.2, 0.25) is 0 Å². The number of amidine groups is 1. The van der Waals surface area contributed by atoms with Crippen LogP contribution in [0.3, 0.4) is 0 Å². The van der Waals surface area contributed by atoms with Crippen LogP contribution in [0, 0.1) is 19.8 Å². The van der Waals surface area contributed by atoms with Gasteiger partial charge in [-0.2, -0.15) is 0 Å². The van der Waals surface area contributed by atoms with Crippen LogP contribution in [-0.2, 0) is 4.79 Å². The molecule has 1 aliphatic heterocycles. The number of hydrogen-bond donors (Lipinski definition) is 1. The Labute approximate surface area is 108 Å². The first-order valence-electron chi connectivity index (χ1n) is 6.16.